The summed E-state index contributed by atoms with van der Waals surface area (Å²) < 4.78 is 0. The summed E-state index contributed by atoms with van der Waals surface area (Å²) >= 11 is 0. The summed E-state index contributed by atoms with van der Waals surface area (Å²) in [5, 5.41) is 9.73. The van der Waals surface area contributed by atoms with E-state index in [9.17, 15) is 4.79 Å². The van der Waals surface area contributed by atoms with Crippen molar-refractivity contribution in [2.24, 2.45) is 0 Å². The van der Waals surface area contributed by atoms with Crippen LogP contribution in [0.15, 0.2) is 0 Å². The largest absolute Gasteiger partial charge is 0.328 e. The molecule has 0 radical (unpaired) electrons. The molecule has 0 aliphatic rings. The van der Waals surface area contributed by atoms with Gasteiger partial charge in [-0.25, -0.2) is 9.78 Å². The SMILES string of the molecule is CCN(CCN(C)C)C(=O)NC(C)c1n[nH]c(C)n1. The number of aromatic nitrogens is 3. The van der Waals surface area contributed by atoms with E-state index >= 15 is 0 Å². The second-order valence-electron chi connectivity index (χ2n) is 4.83. The number of amides is 2. The van der Waals surface area contributed by atoms with Gasteiger partial charge in [0.25, 0.3) is 0 Å². The van der Waals surface area contributed by atoms with Gasteiger partial charge in [-0.3, -0.25) is 5.10 Å². The van der Waals surface area contributed by atoms with E-state index in [-0.39, 0.29) is 12.1 Å². The van der Waals surface area contributed by atoms with Crippen molar-refractivity contribution in [1.29, 1.82) is 0 Å². The average molecular weight is 268 g/mol. The van der Waals surface area contributed by atoms with Crippen LogP contribution in [-0.4, -0.2) is 64.7 Å². The predicted molar refractivity (Wildman–Crippen MR) is 73.9 cm³/mol. The lowest BCUT2D eigenvalue weighted by Crippen LogP contribution is -2.43. The number of H-pyrrole nitrogens is 1. The maximum Gasteiger partial charge on any atom is 0.318 e. The molecule has 0 bridgehead atoms. The number of carbonyl (C=O) groups is 1. The van der Waals surface area contributed by atoms with Gasteiger partial charge < -0.3 is 15.1 Å². The number of aryl methyl sites for hydroxylation is 1. The van der Waals surface area contributed by atoms with Crippen LogP contribution in [0.2, 0.25) is 0 Å². The molecule has 0 saturated carbocycles. The fourth-order valence-corrected chi connectivity index (χ4v) is 1.62. The first-order chi connectivity index (χ1) is 8.93. The molecule has 0 aliphatic carbocycles. The highest BCUT2D eigenvalue weighted by molar-refractivity contribution is 5.74. The Morgan fingerprint density at radius 2 is 2.11 bits per heavy atom. The zero-order chi connectivity index (χ0) is 14.4. The highest BCUT2D eigenvalue weighted by Gasteiger charge is 2.17. The monoisotopic (exact) mass is 268 g/mol. The Labute approximate surface area is 114 Å². The van der Waals surface area contributed by atoms with E-state index < -0.39 is 0 Å². The summed E-state index contributed by atoms with van der Waals surface area (Å²) in [4.78, 5) is 20.2. The third kappa shape index (κ3) is 4.86. The molecule has 108 valence electrons. The molecule has 1 aromatic heterocycles. The van der Waals surface area contributed by atoms with E-state index in [4.69, 9.17) is 0 Å². The number of carbonyl (C=O) groups excluding carboxylic acids is 1. The summed E-state index contributed by atoms with van der Waals surface area (Å²) in [5.74, 6) is 1.35. The van der Waals surface area contributed by atoms with Gasteiger partial charge in [-0.05, 0) is 34.9 Å². The molecule has 0 aliphatic heterocycles. The number of nitrogens with one attached hydrogen (secondary N) is 2. The normalized spacial score (nSPS) is 12.5. The number of hydrogen-bond acceptors (Lipinski definition) is 4. The lowest BCUT2D eigenvalue weighted by Gasteiger charge is -2.24. The van der Waals surface area contributed by atoms with Crippen molar-refractivity contribution >= 4 is 6.03 Å². The first-order valence-corrected chi connectivity index (χ1v) is 6.53. The van der Waals surface area contributed by atoms with Crippen LogP contribution < -0.4 is 5.32 Å². The van der Waals surface area contributed by atoms with Gasteiger partial charge in [0.1, 0.15) is 5.82 Å². The first-order valence-electron chi connectivity index (χ1n) is 6.53. The molecule has 1 unspecified atom stereocenters. The highest BCUT2D eigenvalue weighted by atomic mass is 16.2. The van der Waals surface area contributed by atoms with Crippen LogP contribution in [-0.2, 0) is 0 Å². The molecule has 1 atom stereocenters. The summed E-state index contributed by atoms with van der Waals surface area (Å²) in [6.07, 6.45) is 0. The quantitative estimate of drug-likeness (QED) is 0.799. The molecule has 1 rings (SSSR count). The molecular weight excluding hydrogens is 244 g/mol. The fraction of sp³-hybridized carbons (Fsp3) is 0.750. The van der Waals surface area contributed by atoms with Crippen molar-refractivity contribution in [3.05, 3.63) is 11.6 Å². The Bertz CT molecular complexity index is 403. The van der Waals surface area contributed by atoms with Gasteiger partial charge in [-0.15, -0.1) is 0 Å². The van der Waals surface area contributed by atoms with Gasteiger partial charge in [-0.2, -0.15) is 5.10 Å². The second kappa shape index (κ2) is 7.08. The summed E-state index contributed by atoms with van der Waals surface area (Å²) in [7, 11) is 3.98. The van der Waals surface area contributed by atoms with Gasteiger partial charge in [-0.1, -0.05) is 0 Å². The van der Waals surface area contributed by atoms with Gasteiger partial charge in [0.05, 0.1) is 6.04 Å². The van der Waals surface area contributed by atoms with E-state index in [1.807, 2.05) is 34.9 Å². The molecule has 0 spiro atoms. The van der Waals surface area contributed by atoms with Crippen LogP contribution in [0.5, 0.6) is 0 Å². The minimum absolute atomic E-state index is 0.0840. The van der Waals surface area contributed by atoms with Crippen LogP contribution in [0.1, 0.15) is 31.5 Å². The predicted octanol–water partition coefficient (Wildman–Crippen LogP) is 0.767. The molecule has 2 N–H and O–H groups in total. The lowest BCUT2D eigenvalue weighted by molar-refractivity contribution is 0.191. The fourth-order valence-electron chi connectivity index (χ4n) is 1.62. The summed E-state index contributed by atoms with van der Waals surface area (Å²) in [6, 6.07) is -0.287. The molecule has 19 heavy (non-hydrogen) atoms. The van der Waals surface area contributed by atoms with Gasteiger partial charge in [0.2, 0.25) is 0 Å². The topological polar surface area (TPSA) is 77.1 Å². The first kappa shape index (κ1) is 15.4. The van der Waals surface area contributed by atoms with Crippen molar-refractivity contribution in [3.8, 4) is 0 Å². The number of nitrogens with zero attached hydrogens (tertiary/aromatic N) is 4. The Morgan fingerprint density at radius 3 is 2.58 bits per heavy atom. The Kier molecular flexibility index (Phi) is 5.75. The number of aromatic amines is 1. The molecule has 7 heteroatoms. The maximum absolute atomic E-state index is 12.1. The Morgan fingerprint density at radius 1 is 1.42 bits per heavy atom. The number of rotatable bonds is 6. The second-order valence-corrected chi connectivity index (χ2v) is 4.83. The molecule has 1 aromatic rings. The summed E-state index contributed by atoms with van der Waals surface area (Å²) in [6.45, 7) is 7.90. The van der Waals surface area contributed by atoms with E-state index in [1.54, 1.807) is 4.90 Å². The van der Waals surface area contributed by atoms with Crippen LogP contribution in [0.4, 0.5) is 4.79 Å². The van der Waals surface area contributed by atoms with E-state index in [2.05, 4.69) is 25.4 Å². The van der Waals surface area contributed by atoms with Crippen LogP contribution >= 0.6 is 0 Å². The van der Waals surface area contributed by atoms with E-state index in [0.717, 1.165) is 12.4 Å². The van der Waals surface area contributed by atoms with Crippen molar-refractivity contribution in [2.45, 2.75) is 26.8 Å². The third-order valence-corrected chi connectivity index (χ3v) is 2.83. The molecular formula is C12H24N6O. The van der Waals surface area contributed by atoms with Gasteiger partial charge in [0, 0.05) is 19.6 Å². The minimum Gasteiger partial charge on any atom is -0.328 e. The zero-order valence-corrected chi connectivity index (χ0v) is 12.4. The molecule has 0 fully saturated rings. The lowest BCUT2D eigenvalue weighted by atomic mass is 10.3. The van der Waals surface area contributed by atoms with Crippen LogP contribution in [0.3, 0.4) is 0 Å². The molecule has 7 nitrogen and oxygen atoms in total. The number of urea groups is 1. The highest BCUT2D eigenvalue weighted by Crippen LogP contribution is 2.06. The number of likely N-dealkylation sites (N-methyl/N-ethyl adjacent to an activating group) is 2. The van der Waals surface area contributed by atoms with Crippen molar-refractivity contribution in [3.63, 3.8) is 0 Å². The Balaban J connectivity index is 2.52. The average Bonchev–Trinajstić information content (AvgIpc) is 2.76. The smallest absolute Gasteiger partial charge is 0.318 e. The zero-order valence-electron chi connectivity index (χ0n) is 12.4. The van der Waals surface area contributed by atoms with Crippen molar-refractivity contribution < 1.29 is 4.79 Å². The standard InChI is InChI=1S/C12H24N6O/c1-6-18(8-7-17(4)5)12(19)13-9(2)11-14-10(3)15-16-11/h9H,6-8H2,1-5H3,(H,13,19)(H,14,15,16). The molecule has 0 saturated heterocycles. The van der Waals surface area contributed by atoms with Gasteiger partial charge >= 0.3 is 6.03 Å². The number of hydrogen-bond donors (Lipinski definition) is 2. The third-order valence-electron chi connectivity index (χ3n) is 2.83. The van der Waals surface area contributed by atoms with Gasteiger partial charge in [0.15, 0.2) is 5.82 Å². The molecule has 1 heterocycles. The minimum atomic E-state index is -0.203. The van der Waals surface area contributed by atoms with E-state index in [0.29, 0.717) is 18.9 Å². The molecule has 0 aromatic carbocycles. The van der Waals surface area contributed by atoms with Crippen molar-refractivity contribution in [2.75, 3.05) is 33.7 Å². The van der Waals surface area contributed by atoms with E-state index in [1.165, 1.54) is 0 Å². The van der Waals surface area contributed by atoms with Crippen LogP contribution in [0, 0.1) is 6.92 Å². The van der Waals surface area contributed by atoms with Crippen LogP contribution in [0.25, 0.3) is 0 Å². The molecule has 2 amide bonds. The summed E-state index contributed by atoms with van der Waals surface area (Å²) in [5.41, 5.74) is 0. The maximum atomic E-state index is 12.1. The van der Waals surface area contributed by atoms with Crippen molar-refractivity contribution in [1.82, 2.24) is 30.3 Å². The Hall–Kier alpha value is -1.63.